The van der Waals surface area contributed by atoms with Gasteiger partial charge in [-0.05, 0) is 42.0 Å². The lowest BCUT2D eigenvalue weighted by atomic mass is 10.0. The van der Waals surface area contributed by atoms with Gasteiger partial charge in [0.25, 0.3) is 5.91 Å². The van der Waals surface area contributed by atoms with Crippen molar-refractivity contribution in [3.63, 3.8) is 0 Å². The fourth-order valence-electron chi connectivity index (χ4n) is 2.21. The number of halogens is 1. The summed E-state index contributed by atoms with van der Waals surface area (Å²) in [5.74, 6) is -1.56. The molecule has 0 fully saturated rings. The van der Waals surface area contributed by atoms with Gasteiger partial charge in [0, 0.05) is 11.1 Å². The third-order valence-electron chi connectivity index (χ3n) is 3.36. The van der Waals surface area contributed by atoms with Crippen LogP contribution in [0.15, 0.2) is 47.5 Å². The number of fused-ring (bicyclic) bond motifs is 1. The Morgan fingerprint density at radius 1 is 1.09 bits per heavy atom. The van der Waals surface area contributed by atoms with Crippen LogP contribution in [-0.2, 0) is 6.54 Å². The number of nitrogens with one attached hydrogen (secondary N) is 1. The van der Waals surface area contributed by atoms with Crippen LogP contribution in [0.1, 0.15) is 31.8 Å². The summed E-state index contributed by atoms with van der Waals surface area (Å²) in [6.45, 7) is 0.383. The lowest BCUT2D eigenvalue weighted by Gasteiger charge is -2.07. The van der Waals surface area contributed by atoms with Crippen molar-refractivity contribution >= 4 is 17.7 Å². The predicted octanol–water partition coefficient (Wildman–Crippen LogP) is 2.21. The van der Waals surface area contributed by atoms with Crippen LogP contribution in [0.2, 0.25) is 0 Å². The maximum atomic E-state index is 12.9. The Morgan fingerprint density at radius 2 is 1.77 bits per heavy atom. The minimum absolute atomic E-state index is 0.129. The first-order chi connectivity index (χ1) is 10.5. The summed E-state index contributed by atoms with van der Waals surface area (Å²) in [6, 6.07) is 9.79. The van der Waals surface area contributed by atoms with Crippen LogP contribution in [0.3, 0.4) is 0 Å². The highest BCUT2D eigenvalue weighted by Crippen LogP contribution is 2.20. The van der Waals surface area contributed by atoms with Gasteiger partial charge in [-0.1, -0.05) is 6.07 Å². The smallest absolute Gasteiger partial charge is 0.335 e. The minimum atomic E-state index is -1.04. The Bertz CT molecular complexity index is 798. The molecule has 0 unspecified atom stereocenters. The van der Waals surface area contributed by atoms with Crippen LogP contribution in [0.5, 0.6) is 0 Å². The van der Waals surface area contributed by atoms with E-state index >= 15 is 0 Å². The van der Waals surface area contributed by atoms with E-state index in [0.717, 1.165) is 5.56 Å². The molecule has 1 heterocycles. The number of amides is 1. The first-order valence-corrected chi connectivity index (χ1v) is 6.52. The number of carbonyl (C=O) groups excluding carboxylic acids is 1. The van der Waals surface area contributed by atoms with E-state index in [1.165, 1.54) is 36.4 Å². The molecule has 1 aliphatic rings. The van der Waals surface area contributed by atoms with E-state index in [1.54, 1.807) is 6.07 Å². The number of nitrogens with zero attached hydrogens (tertiary/aromatic N) is 1. The van der Waals surface area contributed by atoms with Crippen molar-refractivity contribution in [2.24, 2.45) is 4.99 Å². The number of carboxylic acid groups (broad SMARTS) is 1. The normalized spacial score (nSPS) is 12.5. The van der Waals surface area contributed by atoms with Gasteiger partial charge in [-0.25, -0.2) is 9.18 Å². The van der Waals surface area contributed by atoms with Gasteiger partial charge < -0.3 is 10.4 Å². The molecule has 110 valence electrons. The standard InChI is InChI=1S/C16H11FN2O3/c17-12-5-3-9(4-6-12)15(20)19-14-13-7-10(16(21)22)1-2-11(13)8-18-14/h1-7H,8H2,(H,21,22)(H,18,19,20). The van der Waals surface area contributed by atoms with Crippen molar-refractivity contribution in [1.82, 2.24) is 5.32 Å². The number of carbonyl (C=O) groups is 2. The summed E-state index contributed by atoms with van der Waals surface area (Å²) in [5.41, 5.74) is 1.87. The molecule has 0 saturated heterocycles. The maximum absolute atomic E-state index is 12.9. The average molecular weight is 298 g/mol. The molecule has 3 rings (SSSR count). The highest BCUT2D eigenvalue weighted by atomic mass is 19.1. The van der Waals surface area contributed by atoms with Crippen molar-refractivity contribution in [2.45, 2.75) is 6.54 Å². The second kappa shape index (κ2) is 5.40. The van der Waals surface area contributed by atoms with Crippen LogP contribution in [0.25, 0.3) is 0 Å². The van der Waals surface area contributed by atoms with E-state index in [1.807, 2.05) is 0 Å². The number of rotatable bonds is 2. The third-order valence-corrected chi connectivity index (χ3v) is 3.36. The molecule has 0 aromatic heterocycles. The number of aliphatic imine (C=N–C) groups is 1. The molecule has 5 nitrogen and oxygen atoms in total. The Hall–Kier alpha value is -3.02. The largest absolute Gasteiger partial charge is 0.478 e. The van der Waals surface area contributed by atoms with Gasteiger partial charge in [0.05, 0.1) is 12.1 Å². The SMILES string of the molecule is O=C(O)c1ccc2c(c1)C(NC(=O)c1ccc(F)cc1)=NC2. The minimum Gasteiger partial charge on any atom is -0.478 e. The summed E-state index contributed by atoms with van der Waals surface area (Å²) in [7, 11) is 0. The topological polar surface area (TPSA) is 78.8 Å². The second-order valence-electron chi connectivity index (χ2n) is 4.80. The molecule has 0 radical (unpaired) electrons. The molecule has 0 spiro atoms. The maximum Gasteiger partial charge on any atom is 0.335 e. The number of amidine groups is 1. The Morgan fingerprint density at radius 3 is 2.45 bits per heavy atom. The molecule has 0 saturated carbocycles. The first kappa shape index (κ1) is 13.9. The molecule has 22 heavy (non-hydrogen) atoms. The lowest BCUT2D eigenvalue weighted by molar-refractivity contribution is 0.0696. The summed E-state index contributed by atoms with van der Waals surface area (Å²) in [5, 5.41) is 11.7. The van der Waals surface area contributed by atoms with Gasteiger partial charge in [-0.2, -0.15) is 0 Å². The molecule has 0 aliphatic carbocycles. The van der Waals surface area contributed by atoms with Gasteiger partial charge in [-0.15, -0.1) is 0 Å². The summed E-state index contributed by atoms with van der Waals surface area (Å²) in [6.07, 6.45) is 0. The molecule has 0 atom stereocenters. The second-order valence-corrected chi connectivity index (χ2v) is 4.80. The third kappa shape index (κ3) is 2.58. The molecule has 2 aromatic carbocycles. The highest BCUT2D eigenvalue weighted by Gasteiger charge is 2.20. The molecule has 2 N–H and O–H groups in total. The fraction of sp³-hybridized carbons (Fsp3) is 0.0625. The van der Waals surface area contributed by atoms with E-state index in [4.69, 9.17) is 5.11 Å². The van der Waals surface area contributed by atoms with Gasteiger partial charge in [0.2, 0.25) is 0 Å². The van der Waals surface area contributed by atoms with Crippen LogP contribution in [0.4, 0.5) is 4.39 Å². The molecule has 1 aliphatic heterocycles. The lowest BCUT2D eigenvalue weighted by Crippen LogP contribution is -2.30. The van der Waals surface area contributed by atoms with E-state index in [9.17, 15) is 14.0 Å². The van der Waals surface area contributed by atoms with E-state index in [-0.39, 0.29) is 5.56 Å². The molecule has 1 amide bonds. The Balaban J connectivity index is 1.84. The molecular weight excluding hydrogens is 287 g/mol. The number of benzene rings is 2. The predicted molar refractivity (Wildman–Crippen MR) is 77.5 cm³/mol. The van der Waals surface area contributed by atoms with Crippen LogP contribution in [0, 0.1) is 5.82 Å². The summed E-state index contributed by atoms with van der Waals surface area (Å²) >= 11 is 0. The zero-order valence-electron chi connectivity index (χ0n) is 11.3. The summed E-state index contributed by atoms with van der Waals surface area (Å²) in [4.78, 5) is 27.3. The number of hydrogen-bond donors (Lipinski definition) is 2. The van der Waals surface area contributed by atoms with Gasteiger partial charge >= 0.3 is 5.97 Å². The van der Waals surface area contributed by atoms with Crippen molar-refractivity contribution in [1.29, 1.82) is 0 Å². The first-order valence-electron chi connectivity index (χ1n) is 6.52. The van der Waals surface area contributed by atoms with Crippen molar-refractivity contribution in [3.8, 4) is 0 Å². The number of hydrogen-bond acceptors (Lipinski definition) is 3. The summed E-state index contributed by atoms with van der Waals surface area (Å²) < 4.78 is 12.9. The van der Waals surface area contributed by atoms with Gasteiger partial charge in [0.15, 0.2) is 0 Å². The van der Waals surface area contributed by atoms with Gasteiger partial charge in [-0.3, -0.25) is 9.79 Å². The van der Waals surface area contributed by atoms with E-state index < -0.39 is 17.7 Å². The molecular formula is C16H11FN2O3. The van der Waals surface area contributed by atoms with Crippen LogP contribution in [-0.4, -0.2) is 22.8 Å². The van der Waals surface area contributed by atoms with Crippen LogP contribution < -0.4 is 5.32 Å². The quantitative estimate of drug-likeness (QED) is 0.892. The monoisotopic (exact) mass is 298 g/mol. The van der Waals surface area contributed by atoms with Crippen LogP contribution >= 0.6 is 0 Å². The number of carboxylic acids is 1. The number of aromatic carboxylic acids is 1. The molecule has 2 aromatic rings. The average Bonchev–Trinajstić information content (AvgIpc) is 2.90. The van der Waals surface area contributed by atoms with Crippen molar-refractivity contribution in [2.75, 3.05) is 0 Å². The Labute approximate surface area is 125 Å². The molecule has 6 heteroatoms. The molecule has 0 bridgehead atoms. The van der Waals surface area contributed by atoms with Gasteiger partial charge in [0.1, 0.15) is 11.7 Å². The van der Waals surface area contributed by atoms with Crippen molar-refractivity contribution in [3.05, 3.63) is 70.5 Å². The highest BCUT2D eigenvalue weighted by molar-refractivity contribution is 6.14. The Kier molecular flexibility index (Phi) is 3.42. The zero-order chi connectivity index (χ0) is 15.7. The van der Waals surface area contributed by atoms with E-state index in [0.29, 0.717) is 23.5 Å². The van der Waals surface area contributed by atoms with Crippen molar-refractivity contribution < 1.29 is 19.1 Å². The van der Waals surface area contributed by atoms with E-state index in [2.05, 4.69) is 10.3 Å². The fourth-order valence-corrected chi connectivity index (χ4v) is 2.21. The zero-order valence-corrected chi connectivity index (χ0v) is 11.3.